The number of H-pyrrole nitrogens is 1. The highest BCUT2D eigenvalue weighted by atomic mass is 35.5. The Morgan fingerprint density at radius 3 is 3.00 bits per heavy atom. The van der Waals surface area contributed by atoms with Crippen LogP contribution in [0.1, 0.15) is 5.82 Å². The molecule has 2 heterocycles. The summed E-state index contributed by atoms with van der Waals surface area (Å²) in [6.07, 6.45) is 0. The van der Waals surface area contributed by atoms with E-state index in [9.17, 15) is 0 Å². The number of nitrogens with zero attached hydrogens (tertiary/aromatic N) is 4. The van der Waals surface area contributed by atoms with Crippen molar-refractivity contribution in [1.82, 2.24) is 25.3 Å². The van der Waals surface area contributed by atoms with Crippen molar-refractivity contribution < 1.29 is 4.52 Å². The first kappa shape index (κ1) is 12.9. The van der Waals surface area contributed by atoms with Gasteiger partial charge < -0.3 is 10.3 Å². The molecule has 0 spiro atoms. The molecule has 0 saturated heterocycles. The lowest BCUT2D eigenvalue weighted by Gasteiger charge is -1.98. The number of nitrogens with two attached hydrogens (primary N) is 1. The molecule has 20 heavy (non-hydrogen) atoms. The molecule has 3 rings (SSSR count). The summed E-state index contributed by atoms with van der Waals surface area (Å²) in [6.45, 7) is 0. The van der Waals surface area contributed by atoms with Crippen molar-refractivity contribution in [1.29, 1.82) is 0 Å². The van der Waals surface area contributed by atoms with Gasteiger partial charge in [0.1, 0.15) is 0 Å². The molecule has 0 amide bonds. The molecule has 3 aromatic rings. The zero-order valence-electron chi connectivity index (χ0n) is 10.1. The molecule has 102 valence electrons. The second-order valence-corrected chi connectivity index (χ2v) is 5.29. The van der Waals surface area contributed by atoms with Crippen molar-refractivity contribution in [2.75, 3.05) is 5.73 Å². The van der Waals surface area contributed by atoms with Crippen molar-refractivity contribution in [2.45, 2.75) is 10.6 Å². The lowest BCUT2D eigenvalue weighted by Crippen LogP contribution is -1.86. The van der Waals surface area contributed by atoms with Crippen LogP contribution in [0.2, 0.25) is 5.02 Å². The number of nitrogen functional groups attached to an aromatic ring is 1. The SMILES string of the molecule is Nc1n[nH]c(-c2nc(CSc3cccc(Cl)c3)no2)n1. The Hall–Kier alpha value is -2.06. The van der Waals surface area contributed by atoms with Gasteiger partial charge >= 0.3 is 0 Å². The van der Waals surface area contributed by atoms with Crippen LogP contribution in [0, 0.1) is 0 Å². The topological polar surface area (TPSA) is 107 Å². The molecule has 0 radical (unpaired) electrons. The molecule has 9 heteroatoms. The molecule has 0 bridgehead atoms. The van der Waals surface area contributed by atoms with E-state index in [0.29, 0.717) is 22.4 Å². The fourth-order valence-corrected chi connectivity index (χ4v) is 2.54. The van der Waals surface area contributed by atoms with Crippen LogP contribution in [0.3, 0.4) is 0 Å². The normalized spacial score (nSPS) is 10.8. The van der Waals surface area contributed by atoms with E-state index in [1.54, 1.807) is 11.8 Å². The molecule has 7 nitrogen and oxygen atoms in total. The van der Waals surface area contributed by atoms with Gasteiger partial charge in [-0.05, 0) is 18.2 Å². The van der Waals surface area contributed by atoms with Crippen LogP contribution in [-0.4, -0.2) is 25.3 Å². The van der Waals surface area contributed by atoms with Crippen LogP contribution < -0.4 is 5.73 Å². The number of halogens is 1. The van der Waals surface area contributed by atoms with E-state index in [4.69, 9.17) is 21.9 Å². The van der Waals surface area contributed by atoms with Gasteiger partial charge in [0, 0.05) is 9.92 Å². The third-order valence-corrected chi connectivity index (χ3v) is 3.56. The number of rotatable bonds is 4. The molecular weight excluding hydrogens is 300 g/mol. The number of anilines is 1. The summed E-state index contributed by atoms with van der Waals surface area (Å²) < 4.78 is 5.09. The van der Waals surface area contributed by atoms with Gasteiger partial charge in [0.25, 0.3) is 5.89 Å². The quantitative estimate of drug-likeness (QED) is 0.712. The summed E-state index contributed by atoms with van der Waals surface area (Å²) in [6, 6.07) is 7.56. The van der Waals surface area contributed by atoms with Crippen molar-refractivity contribution >= 4 is 29.3 Å². The molecule has 2 aromatic heterocycles. The molecule has 0 aliphatic rings. The maximum absolute atomic E-state index is 5.92. The molecule has 0 aliphatic heterocycles. The van der Waals surface area contributed by atoms with Crippen LogP contribution in [0.25, 0.3) is 11.7 Å². The fraction of sp³-hybridized carbons (Fsp3) is 0.0909. The van der Waals surface area contributed by atoms with Crippen LogP contribution in [0.4, 0.5) is 5.95 Å². The summed E-state index contributed by atoms with van der Waals surface area (Å²) in [5.74, 6) is 1.87. The van der Waals surface area contributed by atoms with Crippen molar-refractivity contribution in [3.63, 3.8) is 0 Å². The predicted octanol–water partition coefficient (Wildman–Crippen LogP) is 2.38. The van der Waals surface area contributed by atoms with E-state index < -0.39 is 0 Å². The first-order valence-electron chi connectivity index (χ1n) is 5.60. The van der Waals surface area contributed by atoms with E-state index in [-0.39, 0.29) is 11.8 Å². The Kier molecular flexibility index (Phi) is 3.57. The second kappa shape index (κ2) is 5.51. The van der Waals surface area contributed by atoms with E-state index >= 15 is 0 Å². The molecule has 0 unspecified atom stereocenters. The summed E-state index contributed by atoms with van der Waals surface area (Å²) in [7, 11) is 0. The molecule has 0 fully saturated rings. The maximum Gasteiger partial charge on any atom is 0.295 e. The largest absolute Gasteiger partial charge is 0.366 e. The van der Waals surface area contributed by atoms with Crippen LogP contribution >= 0.6 is 23.4 Å². The number of hydrogen-bond acceptors (Lipinski definition) is 7. The van der Waals surface area contributed by atoms with Gasteiger partial charge in [-0.3, -0.25) is 5.10 Å². The van der Waals surface area contributed by atoms with Gasteiger partial charge in [0.2, 0.25) is 11.8 Å². The van der Waals surface area contributed by atoms with Crippen LogP contribution in [-0.2, 0) is 5.75 Å². The van der Waals surface area contributed by atoms with E-state index in [1.807, 2.05) is 24.3 Å². The highest BCUT2D eigenvalue weighted by Crippen LogP contribution is 2.25. The van der Waals surface area contributed by atoms with Gasteiger partial charge in [-0.2, -0.15) is 9.97 Å². The average Bonchev–Trinajstić information content (AvgIpc) is 3.05. The zero-order chi connectivity index (χ0) is 13.9. The first-order chi connectivity index (χ1) is 9.70. The Balaban J connectivity index is 1.68. The number of aromatic amines is 1. The Labute approximate surface area is 122 Å². The van der Waals surface area contributed by atoms with Crippen molar-refractivity contribution in [3.05, 3.63) is 35.1 Å². The number of benzene rings is 1. The van der Waals surface area contributed by atoms with Crippen molar-refractivity contribution in [3.8, 4) is 11.7 Å². The van der Waals surface area contributed by atoms with E-state index in [1.165, 1.54) is 0 Å². The van der Waals surface area contributed by atoms with Crippen LogP contribution in [0.5, 0.6) is 0 Å². The van der Waals surface area contributed by atoms with Gasteiger partial charge in [-0.25, -0.2) is 0 Å². The highest BCUT2D eigenvalue weighted by molar-refractivity contribution is 7.98. The Morgan fingerprint density at radius 1 is 1.35 bits per heavy atom. The minimum absolute atomic E-state index is 0.132. The standard InChI is InChI=1S/C11H9ClN6OS/c12-6-2-1-3-7(4-6)20-5-8-14-10(19-18-8)9-15-11(13)17-16-9/h1-4H,5H2,(H3,13,15,16,17). The summed E-state index contributed by atoms with van der Waals surface area (Å²) in [5.41, 5.74) is 5.41. The Morgan fingerprint density at radius 2 is 2.25 bits per heavy atom. The van der Waals surface area contributed by atoms with E-state index in [2.05, 4.69) is 25.3 Å². The van der Waals surface area contributed by atoms with Gasteiger partial charge in [-0.15, -0.1) is 16.9 Å². The highest BCUT2D eigenvalue weighted by Gasteiger charge is 2.12. The lowest BCUT2D eigenvalue weighted by atomic mass is 10.4. The van der Waals surface area contributed by atoms with Gasteiger partial charge in [0.15, 0.2) is 5.82 Å². The monoisotopic (exact) mass is 308 g/mol. The minimum Gasteiger partial charge on any atom is -0.366 e. The molecule has 3 N–H and O–H groups in total. The lowest BCUT2D eigenvalue weighted by molar-refractivity contribution is 0.422. The average molecular weight is 309 g/mol. The number of nitrogens with one attached hydrogen (secondary N) is 1. The number of thioether (sulfide) groups is 1. The van der Waals surface area contributed by atoms with E-state index in [0.717, 1.165) is 4.90 Å². The van der Waals surface area contributed by atoms with Crippen LogP contribution in [0.15, 0.2) is 33.7 Å². The third-order valence-electron chi connectivity index (χ3n) is 2.34. The molecule has 0 aliphatic carbocycles. The molecule has 1 aromatic carbocycles. The zero-order valence-corrected chi connectivity index (χ0v) is 11.6. The predicted molar refractivity (Wildman–Crippen MR) is 75.1 cm³/mol. The number of hydrogen-bond donors (Lipinski definition) is 2. The summed E-state index contributed by atoms with van der Waals surface area (Å²) >= 11 is 7.48. The molecule has 0 saturated carbocycles. The van der Waals surface area contributed by atoms with Gasteiger partial charge in [-0.1, -0.05) is 22.8 Å². The smallest absolute Gasteiger partial charge is 0.295 e. The molecular formula is C11H9ClN6OS. The second-order valence-electron chi connectivity index (χ2n) is 3.80. The minimum atomic E-state index is 0.132. The first-order valence-corrected chi connectivity index (χ1v) is 6.96. The summed E-state index contributed by atoms with van der Waals surface area (Å²) in [5, 5.41) is 10.9. The molecule has 0 atom stereocenters. The number of aromatic nitrogens is 5. The van der Waals surface area contributed by atoms with Crippen molar-refractivity contribution in [2.24, 2.45) is 0 Å². The summed E-state index contributed by atoms with van der Waals surface area (Å²) in [4.78, 5) is 9.16. The Bertz CT molecular complexity index is 727. The fourth-order valence-electron chi connectivity index (χ4n) is 1.48. The maximum atomic E-state index is 5.92. The van der Waals surface area contributed by atoms with Gasteiger partial charge in [0.05, 0.1) is 5.75 Å². The third kappa shape index (κ3) is 2.91.